The number of urea groups is 1. The number of benzene rings is 2. The summed E-state index contributed by atoms with van der Waals surface area (Å²) in [5, 5.41) is 9.59. The van der Waals surface area contributed by atoms with E-state index in [0.29, 0.717) is 5.69 Å². The van der Waals surface area contributed by atoms with Gasteiger partial charge in [-0.2, -0.15) is 5.10 Å². The lowest BCUT2D eigenvalue weighted by Gasteiger charge is -2.09. The molecule has 2 N–H and O–H groups in total. The predicted molar refractivity (Wildman–Crippen MR) is 102 cm³/mol. The molecular weight excluding hydrogens is 363 g/mol. The van der Waals surface area contributed by atoms with Crippen LogP contribution in [-0.4, -0.2) is 28.4 Å². The highest BCUT2D eigenvalue weighted by molar-refractivity contribution is 5.89. The van der Waals surface area contributed by atoms with Crippen LogP contribution in [-0.2, 0) is 11.3 Å². The fourth-order valence-electron chi connectivity index (χ4n) is 2.44. The highest BCUT2D eigenvalue weighted by Gasteiger charge is 2.11. The summed E-state index contributed by atoms with van der Waals surface area (Å²) >= 11 is 0. The zero-order chi connectivity index (χ0) is 19.9. The van der Waals surface area contributed by atoms with E-state index in [1.54, 1.807) is 60.3 Å². The van der Waals surface area contributed by atoms with E-state index in [1.807, 2.05) is 0 Å². The zero-order valence-corrected chi connectivity index (χ0v) is 15.2. The Hall–Kier alpha value is -3.68. The van der Waals surface area contributed by atoms with Gasteiger partial charge in [-0.25, -0.2) is 18.7 Å². The molecule has 0 bridgehead atoms. The Morgan fingerprint density at radius 1 is 1.07 bits per heavy atom. The van der Waals surface area contributed by atoms with Gasteiger partial charge in [0.2, 0.25) is 0 Å². The molecule has 28 heavy (non-hydrogen) atoms. The number of rotatable bonds is 6. The Kier molecular flexibility index (Phi) is 6.01. The fourth-order valence-corrected chi connectivity index (χ4v) is 2.44. The fraction of sp³-hybridized carbons (Fsp3) is 0.150. The maximum Gasteiger partial charge on any atom is 0.358 e. The van der Waals surface area contributed by atoms with Crippen LogP contribution in [0.1, 0.15) is 23.0 Å². The zero-order valence-electron chi connectivity index (χ0n) is 15.2. The summed E-state index contributed by atoms with van der Waals surface area (Å²) in [6.07, 6.45) is 1.66. The molecule has 3 aromatic rings. The molecule has 144 valence electrons. The summed E-state index contributed by atoms with van der Waals surface area (Å²) in [5.74, 6) is -0.794. The van der Waals surface area contributed by atoms with E-state index >= 15 is 0 Å². The number of amides is 2. The van der Waals surface area contributed by atoms with Gasteiger partial charge < -0.3 is 15.4 Å². The quantitative estimate of drug-likeness (QED) is 0.639. The summed E-state index contributed by atoms with van der Waals surface area (Å²) in [6, 6.07) is 14.1. The van der Waals surface area contributed by atoms with Crippen molar-refractivity contribution in [2.45, 2.75) is 13.5 Å². The Morgan fingerprint density at radius 3 is 2.46 bits per heavy atom. The van der Waals surface area contributed by atoms with Crippen LogP contribution >= 0.6 is 0 Å². The van der Waals surface area contributed by atoms with Gasteiger partial charge in [-0.15, -0.1) is 0 Å². The number of hydrogen-bond acceptors (Lipinski definition) is 4. The number of ether oxygens (including phenoxy) is 1. The average Bonchev–Trinajstić information content (AvgIpc) is 3.19. The Balaban J connectivity index is 1.56. The first kappa shape index (κ1) is 19.1. The van der Waals surface area contributed by atoms with Crippen LogP contribution in [0.3, 0.4) is 0 Å². The van der Waals surface area contributed by atoms with Gasteiger partial charge in [0, 0.05) is 18.4 Å². The molecule has 7 nitrogen and oxygen atoms in total. The van der Waals surface area contributed by atoms with Crippen LogP contribution in [0.4, 0.5) is 14.9 Å². The highest BCUT2D eigenvalue weighted by Crippen LogP contribution is 2.13. The molecule has 0 radical (unpaired) electrons. The van der Waals surface area contributed by atoms with Crippen molar-refractivity contribution in [1.29, 1.82) is 0 Å². The number of aromatic nitrogens is 2. The van der Waals surface area contributed by atoms with Crippen LogP contribution in [0, 0.1) is 5.82 Å². The monoisotopic (exact) mass is 382 g/mol. The molecule has 2 amide bonds. The minimum absolute atomic E-state index is 0.226. The van der Waals surface area contributed by atoms with E-state index in [0.717, 1.165) is 11.3 Å². The molecule has 0 saturated carbocycles. The third-order valence-electron chi connectivity index (χ3n) is 3.83. The molecule has 1 heterocycles. The Morgan fingerprint density at radius 2 is 1.79 bits per heavy atom. The summed E-state index contributed by atoms with van der Waals surface area (Å²) in [7, 11) is 0. The van der Waals surface area contributed by atoms with Gasteiger partial charge in [0.05, 0.1) is 12.3 Å². The first-order chi connectivity index (χ1) is 13.5. The molecule has 0 aliphatic rings. The molecule has 0 spiro atoms. The van der Waals surface area contributed by atoms with Gasteiger partial charge in [-0.05, 0) is 55.0 Å². The lowest BCUT2D eigenvalue weighted by Crippen LogP contribution is -2.28. The molecule has 0 aliphatic heterocycles. The van der Waals surface area contributed by atoms with E-state index < -0.39 is 5.97 Å². The van der Waals surface area contributed by atoms with Gasteiger partial charge >= 0.3 is 12.0 Å². The predicted octanol–water partition coefficient (Wildman–Crippen LogP) is 3.51. The molecule has 3 rings (SSSR count). The maximum absolute atomic E-state index is 12.9. The first-order valence-electron chi connectivity index (χ1n) is 8.67. The van der Waals surface area contributed by atoms with Crippen molar-refractivity contribution in [3.05, 3.63) is 77.9 Å². The van der Waals surface area contributed by atoms with Crippen molar-refractivity contribution in [3.8, 4) is 5.69 Å². The highest BCUT2D eigenvalue weighted by atomic mass is 19.1. The summed E-state index contributed by atoms with van der Waals surface area (Å²) < 4.78 is 19.3. The number of hydrogen-bond donors (Lipinski definition) is 2. The van der Waals surface area contributed by atoms with Crippen molar-refractivity contribution in [2.75, 3.05) is 11.9 Å². The van der Waals surface area contributed by atoms with Gasteiger partial charge in [0.15, 0.2) is 5.69 Å². The molecule has 8 heteroatoms. The minimum atomic E-state index is -0.475. The van der Waals surface area contributed by atoms with Crippen molar-refractivity contribution in [1.82, 2.24) is 15.1 Å². The first-order valence-corrected chi connectivity index (χ1v) is 8.67. The van der Waals surface area contributed by atoms with Crippen molar-refractivity contribution in [2.24, 2.45) is 0 Å². The molecule has 0 atom stereocenters. The molecule has 2 aromatic carbocycles. The van der Waals surface area contributed by atoms with Gasteiger partial charge in [-0.3, -0.25) is 0 Å². The molecule has 0 fully saturated rings. The maximum atomic E-state index is 12.9. The molecule has 1 aromatic heterocycles. The minimum Gasteiger partial charge on any atom is -0.461 e. The number of halogens is 1. The second-order valence-electron chi connectivity index (χ2n) is 5.85. The van der Waals surface area contributed by atoms with Crippen LogP contribution in [0.25, 0.3) is 5.69 Å². The topological polar surface area (TPSA) is 85.2 Å². The lowest BCUT2D eigenvalue weighted by molar-refractivity contribution is 0.0519. The lowest BCUT2D eigenvalue weighted by atomic mass is 10.2. The van der Waals surface area contributed by atoms with Gasteiger partial charge in [0.25, 0.3) is 0 Å². The Labute approximate surface area is 161 Å². The molecule has 0 saturated heterocycles. The number of carbonyl (C=O) groups is 2. The van der Waals surface area contributed by atoms with Crippen molar-refractivity contribution in [3.63, 3.8) is 0 Å². The van der Waals surface area contributed by atoms with Crippen molar-refractivity contribution >= 4 is 17.7 Å². The number of nitrogens with one attached hydrogen (secondary N) is 2. The standard InChI is InChI=1S/C20H19FN4O3/c1-2-28-19(26)18-11-12-25(24-18)17-9-7-16(8-10-17)23-20(27)22-13-14-3-5-15(21)6-4-14/h3-12H,2,13H2,1H3,(H2,22,23,27). The number of esters is 1. The second-order valence-corrected chi connectivity index (χ2v) is 5.85. The third kappa shape index (κ3) is 4.94. The summed E-state index contributed by atoms with van der Waals surface area (Å²) in [5.41, 5.74) is 2.35. The number of carbonyl (C=O) groups excluding carboxylic acids is 2. The Bertz CT molecular complexity index is 952. The molecule has 0 unspecified atom stereocenters. The SMILES string of the molecule is CCOC(=O)c1ccn(-c2ccc(NC(=O)NCc3ccc(F)cc3)cc2)n1. The van der Waals surface area contributed by atoms with Crippen LogP contribution < -0.4 is 10.6 Å². The second kappa shape index (κ2) is 8.81. The molecule has 0 aliphatic carbocycles. The van der Waals surface area contributed by atoms with Crippen LogP contribution in [0.5, 0.6) is 0 Å². The molecular formula is C20H19FN4O3. The van der Waals surface area contributed by atoms with E-state index in [1.165, 1.54) is 12.1 Å². The summed E-state index contributed by atoms with van der Waals surface area (Å²) in [4.78, 5) is 23.7. The van der Waals surface area contributed by atoms with Crippen LogP contribution in [0.15, 0.2) is 60.8 Å². The smallest absolute Gasteiger partial charge is 0.358 e. The van der Waals surface area contributed by atoms with Crippen molar-refractivity contribution < 1.29 is 18.7 Å². The summed E-state index contributed by atoms with van der Waals surface area (Å²) in [6.45, 7) is 2.31. The van der Waals surface area contributed by atoms with E-state index in [-0.39, 0.29) is 30.7 Å². The van der Waals surface area contributed by atoms with Gasteiger partial charge in [-0.1, -0.05) is 12.1 Å². The largest absolute Gasteiger partial charge is 0.461 e. The average molecular weight is 382 g/mol. The van der Waals surface area contributed by atoms with E-state index in [9.17, 15) is 14.0 Å². The van der Waals surface area contributed by atoms with E-state index in [4.69, 9.17) is 4.74 Å². The normalized spacial score (nSPS) is 10.4. The third-order valence-corrected chi connectivity index (χ3v) is 3.83. The van der Waals surface area contributed by atoms with Gasteiger partial charge in [0.1, 0.15) is 5.82 Å². The number of nitrogens with zero attached hydrogens (tertiary/aromatic N) is 2. The van der Waals surface area contributed by atoms with Crippen LogP contribution in [0.2, 0.25) is 0 Å². The van der Waals surface area contributed by atoms with E-state index in [2.05, 4.69) is 15.7 Å². The number of anilines is 1.